The average molecular weight is 347 g/mol. The maximum absolute atomic E-state index is 11.8. The lowest BCUT2D eigenvalue weighted by Gasteiger charge is -2.08. The predicted octanol–water partition coefficient (Wildman–Crippen LogP) is 4.32. The minimum absolute atomic E-state index is 0.0583. The Balaban J connectivity index is 2.37. The molecular weight excluding hydrogens is 332 g/mol. The SMILES string of the molecule is CC(C)COC(=S)SCC(=O)c1ccc(Br)cc1. The Bertz CT molecular complexity index is 416. The summed E-state index contributed by atoms with van der Waals surface area (Å²) < 4.78 is 6.74. The van der Waals surface area contributed by atoms with Gasteiger partial charge in [-0.1, -0.05) is 53.7 Å². The topological polar surface area (TPSA) is 26.3 Å². The Labute approximate surface area is 126 Å². The minimum Gasteiger partial charge on any atom is -0.478 e. The van der Waals surface area contributed by atoms with E-state index in [0.717, 1.165) is 4.47 Å². The van der Waals surface area contributed by atoms with Gasteiger partial charge < -0.3 is 4.74 Å². The number of carbonyl (C=O) groups is 1. The van der Waals surface area contributed by atoms with Crippen LogP contribution in [0.1, 0.15) is 24.2 Å². The van der Waals surface area contributed by atoms with Crippen molar-refractivity contribution >= 4 is 50.1 Å². The highest BCUT2D eigenvalue weighted by Gasteiger charge is 2.08. The summed E-state index contributed by atoms with van der Waals surface area (Å²) >= 11 is 9.65. The van der Waals surface area contributed by atoms with Crippen LogP contribution in [0.5, 0.6) is 0 Å². The van der Waals surface area contributed by atoms with E-state index in [1.165, 1.54) is 11.8 Å². The van der Waals surface area contributed by atoms with Crippen LogP contribution in [-0.2, 0) is 4.74 Å². The van der Waals surface area contributed by atoms with Crippen LogP contribution >= 0.6 is 39.9 Å². The van der Waals surface area contributed by atoms with Crippen LogP contribution in [0.4, 0.5) is 0 Å². The monoisotopic (exact) mass is 346 g/mol. The van der Waals surface area contributed by atoms with Crippen LogP contribution in [0.2, 0.25) is 0 Å². The fourth-order valence-corrected chi connectivity index (χ4v) is 2.20. The molecule has 5 heteroatoms. The maximum atomic E-state index is 11.8. The molecule has 98 valence electrons. The van der Waals surface area contributed by atoms with Crippen LogP contribution in [0, 0.1) is 5.92 Å². The number of thioether (sulfide) groups is 1. The second kappa shape index (κ2) is 7.92. The molecule has 1 rings (SSSR count). The standard InChI is InChI=1S/C13H15BrO2S2/c1-9(2)7-16-13(17)18-8-12(15)10-3-5-11(14)6-4-10/h3-6,9H,7-8H2,1-2H3. The molecule has 18 heavy (non-hydrogen) atoms. The van der Waals surface area contributed by atoms with Crippen LogP contribution in [0.3, 0.4) is 0 Å². The first kappa shape index (κ1) is 15.7. The highest BCUT2D eigenvalue weighted by atomic mass is 79.9. The minimum atomic E-state index is 0.0583. The van der Waals surface area contributed by atoms with Crippen LogP contribution in [0.15, 0.2) is 28.7 Å². The van der Waals surface area contributed by atoms with E-state index in [1.807, 2.05) is 12.1 Å². The van der Waals surface area contributed by atoms with Gasteiger partial charge in [0.25, 0.3) is 0 Å². The molecule has 0 aliphatic rings. The van der Waals surface area contributed by atoms with Crippen molar-refractivity contribution in [3.63, 3.8) is 0 Å². The third-order valence-corrected chi connectivity index (χ3v) is 3.78. The van der Waals surface area contributed by atoms with Crippen LogP contribution in [-0.4, -0.2) is 22.5 Å². The number of ketones is 1. The van der Waals surface area contributed by atoms with Gasteiger partial charge in [-0.25, -0.2) is 0 Å². The predicted molar refractivity (Wildman–Crippen MR) is 84.3 cm³/mol. The van der Waals surface area contributed by atoms with Crippen molar-refractivity contribution in [3.8, 4) is 0 Å². The Hall–Kier alpha value is -0.390. The van der Waals surface area contributed by atoms with Crippen molar-refractivity contribution in [3.05, 3.63) is 34.3 Å². The number of hydrogen-bond donors (Lipinski definition) is 0. The summed E-state index contributed by atoms with van der Waals surface area (Å²) in [6.07, 6.45) is 0. The Morgan fingerprint density at radius 1 is 1.39 bits per heavy atom. The molecule has 0 aromatic heterocycles. The van der Waals surface area contributed by atoms with Gasteiger partial charge in [0.05, 0.1) is 12.4 Å². The van der Waals surface area contributed by atoms with Gasteiger partial charge in [-0.2, -0.15) is 0 Å². The van der Waals surface area contributed by atoms with Crippen molar-refractivity contribution < 1.29 is 9.53 Å². The quantitative estimate of drug-likeness (QED) is 0.585. The number of ether oxygens (including phenoxy) is 1. The molecule has 0 unspecified atom stereocenters. The van der Waals surface area contributed by atoms with E-state index in [9.17, 15) is 4.79 Å². The largest absolute Gasteiger partial charge is 0.478 e. The molecule has 0 atom stereocenters. The number of thiocarbonyl (C=S) groups is 1. The van der Waals surface area contributed by atoms with E-state index in [0.29, 0.717) is 28.2 Å². The molecule has 0 radical (unpaired) electrons. The first-order valence-electron chi connectivity index (χ1n) is 5.57. The Kier molecular flexibility index (Phi) is 6.89. The molecule has 0 bridgehead atoms. The number of Topliss-reactive ketones (excluding diaryl/α,β-unsaturated/α-hetero) is 1. The lowest BCUT2D eigenvalue weighted by atomic mass is 10.2. The molecule has 1 aromatic rings. The van der Waals surface area contributed by atoms with Crippen molar-refractivity contribution in [1.82, 2.24) is 0 Å². The number of hydrogen-bond acceptors (Lipinski definition) is 4. The van der Waals surface area contributed by atoms with Gasteiger partial charge in [-0.05, 0) is 30.3 Å². The third-order valence-electron chi connectivity index (χ3n) is 2.02. The Morgan fingerprint density at radius 3 is 2.56 bits per heavy atom. The zero-order chi connectivity index (χ0) is 13.5. The molecule has 0 amide bonds. The van der Waals surface area contributed by atoms with E-state index in [4.69, 9.17) is 17.0 Å². The first-order chi connectivity index (χ1) is 8.49. The normalized spacial score (nSPS) is 10.4. The molecule has 0 N–H and O–H groups in total. The number of benzene rings is 1. The van der Waals surface area contributed by atoms with E-state index in [2.05, 4.69) is 29.8 Å². The van der Waals surface area contributed by atoms with Gasteiger partial charge in [0.15, 0.2) is 5.78 Å². The highest BCUT2D eigenvalue weighted by Crippen LogP contribution is 2.14. The summed E-state index contributed by atoms with van der Waals surface area (Å²) in [5.41, 5.74) is 0.692. The van der Waals surface area contributed by atoms with Crippen molar-refractivity contribution in [1.29, 1.82) is 0 Å². The highest BCUT2D eigenvalue weighted by molar-refractivity contribution is 9.10. The van der Waals surface area contributed by atoms with Crippen LogP contribution in [0.25, 0.3) is 0 Å². The number of rotatable bonds is 5. The Morgan fingerprint density at radius 2 is 2.00 bits per heavy atom. The summed E-state index contributed by atoms with van der Waals surface area (Å²) in [6, 6.07) is 7.30. The molecule has 0 saturated carbocycles. The van der Waals surface area contributed by atoms with E-state index >= 15 is 0 Å². The molecule has 0 heterocycles. The van der Waals surface area contributed by atoms with E-state index in [-0.39, 0.29) is 5.78 Å². The van der Waals surface area contributed by atoms with Gasteiger partial charge in [-0.15, -0.1) is 0 Å². The summed E-state index contributed by atoms with van der Waals surface area (Å²) in [7, 11) is 0. The molecule has 0 spiro atoms. The van der Waals surface area contributed by atoms with Crippen molar-refractivity contribution in [2.75, 3.05) is 12.4 Å². The van der Waals surface area contributed by atoms with Gasteiger partial charge in [0, 0.05) is 10.0 Å². The second-order valence-corrected chi connectivity index (χ2v) is 6.67. The smallest absolute Gasteiger partial charge is 0.220 e. The van der Waals surface area contributed by atoms with Crippen molar-refractivity contribution in [2.24, 2.45) is 5.92 Å². The average Bonchev–Trinajstić information content (AvgIpc) is 2.34. The molecular formula is C13H15BrO2S2. The first-order valence-corrected chi connectivity index (χ1v) is 7.76. The molecule has 2 nitrogen and oxygen atoms in total. The van der Waals surface area contributed by atoms with E-state index < -0.39 is 0 Å². The van der Waals surface area contributed by atoms with Gasteiger partial charge >= 0.3 is 0 Å². The number of halogens is 1. The zero-order valence-corrected chi connectivity index (χ0v) is 13.5. The van der Waals surface area contributed by atoms with E-state index in [1.54, 1.807) is 12.1 Å². The molecule has 1 aromatic carbocycles. The fraction of sp³-hybridized carbons (Fsp3) is 0.385. The molecule has 0 aliphatic carbocycles. The number of carbonyl (C=O) groups excluding carboxylic acids is 1. The van der Waals surface area contributed by atoms with Gasteiger partial charge in [0.2, 0.25) is 4.38 Å². The lowest BCUT2D eigenvalue weighted by molar-refractivity contribution is 0.102. The van der Waals surface area contributed by atoms with Crippen LogP contribution < -0.4 is 0 Å². The lowest BCUT2D eigenvalue weighted by Crippen LogP contribution is -2.09. The summed E-state index contributed by atoms with van der Waals surface area (Å²) in [4.78, 5) is 11.8. The summed E-state index contributed by atoms with van der Waals surface area (Å²) in [5.74, 6) is 0.812. The van der Waals surface area contributed by atoms with Crippen molar-refractivity contribution in [2.45, 2.75) is 13.8 Å². The van der Waals surface area contributed by atoms with Gasteiger partial charge in [-0.3, -0.25) is 4.79 Å². The fourth-order valence-electron chi connectivity index (χ4n) is 1.12. The zero-order valence-electron chi connectivity index (χ0n) is 10.3. The molecule has 0 aliphatic heterocycles. The summed E-state index contributed by atoms with van der Waals surface area (Å²) in [6.45, 7) is 4.71. The van der Waals surface area contributed by atoms with Gasteiger partial charge in [0.1, 0.15) is 0 Å². The maximum Gasteiger partial charge on any atom is 0.220 e. The molecule has 0 saturated heterocycles. The third kappa shape index (κ3) is 5.98. The molecule has 0 fully saturated rings. The summed E-state index contributed by atoms with van der Waals surface area (Å²) in [5, 5.41) is 0. The second-order valence-electron chi connectivity index (χ2n) is 4.17.